The molecule has 1 unspecified atom stereocenters. The van der Waals surface area contributed by atoms with Crippen LogP contribution in [0.15, 0.2) is 37.1 Å². The number of H-pyrrole nitrogens is 1. The monoisotopic (exact) mass is 419 g/mol. The molecule has 5 rings (SSSR count). The van der Waals surface area contributed by atoms with Crippen LogP contribution in [-0.2, 0) is 6.42 Å². The zero-order chi connectivity index (χ0) is 20.5. The second kappa shape index (κ2) is 8.07. The predicted octanol–water partition coefficient (Wildman–Crippen LogP) is 4.14. The van der Waals surface area contributed by atoms with Gasteiger partial charge in [-0.05, 0) is 55.9 Å². The summed E-state index contributed by atoms with van der Waals surface area (Å²) in [6, 6.07) is 6.01. The van der Waals surface area contributed by atoms with Crippen molar-refractivity contribution in [2.75, 3.05) is 29.9 Å². The van der Waals surface area contributed by atoms with Crippen molar-refractivity contribution in [2.45, 2.75) is 19.3 Å². The second-order valence-corrected chi connectivity index (χ2v) is 8.02. The van der Waals surface area contributed by atoms with Gasteiger partial charge in [-0.2, -0.15) is 0 Å². The van der Waals surface area contributed by atoms with Crippen LogP contribution in [0.2, 0.25) is 5.02 Å². The summed E-state index contributed by atoms with van der Waals surface area (Å²) in [5, 5.41) is 5.08. The number of rotatable bonds is 5. The minimum absolute atomic E-state index is 0.174. The molecule has 7 nitrogen and oxygen atoms in total. The molecule has 0 saturated carbocycles. The van der Waals surface area contributed by atoms with Crippen molar-refractivity contribution in [3.63, 3.8) is 0 Å². The lowest BCUT2D eigenvalue weighted by Crippen LogP contribution is -2.35. The van der Waals surface area contributed by atoms with Gasteiger partial charge in [-0.15, -0.1) is 0 Å². The Hall–Kier alpha value is -2.93. The highest BCUT2D eigenvalue weighted by Gasteiger charge is 2.23. The Balaban J connectivity index is 1.47. The first-order valence-corrected chi connectivity index (χ1v) is 10.5. The summed E-state index contributed by atoms with van der Waals surface area (Å²) in [7, 11) is 0. The number of pyridine rings is 1. The minimum atomic E-state index is 0.174. The molecule has 2 radical (unpaired) electrons. The quantitative estimate of drug-likeness (QED) is 0.506. The van der Waals surface area contributed by atoms with Crippen molar-refractivity contribution in [1.29, 1.82) is 0 Å². The van der Waals surface area contributed by atoms with Crippen LogP contribution in [-0.4, -0.2) is 44.6 Å². The summed E-state index contributed by atoms with van der Waals surface area (Å²) < 4.78 is 0. The number of hydrogen-bond acceptors (Lipinski definition) is 6. The normalized spacial score (nSPS) is 17.0. The van der Waals surface area contributed by atoms with E-state index in [0.717, 1.165) is 65.0 Å². The molecule has 0 spiro atoms. The summed E-state index contributed by atoms with van der Waals surface area (Å²) in [6.45, 7) is 8.76. The number of hydrogen-bond donors (Lipinski definition) is 2. The maximum absolute atomic E-state index is 6.62. The van der Waals surface area contributed by atoms with Crippen molar-refractivity contribution in [1.82, 2.24) is 24.9 Å². The average molecular weight is 420 g/mol. The molecule has 1 aliphatic heterocycles. The molecule has 1 aromatic carbocycles. The Morgan fingerprint density at radius 2 is 2.17 bits per heavy atom. The number of nitrogens with one attached hydrogen (secondary N) is 2. The van der Waals surface area contributed by atoms with E-state index < -0.39 is 0 Å². The third kappa shape index (κ3) is 3.54. The third-order valence-corrected chi connectivity index (χ3v) is 5.89. The van der Waals surface area contributed by atoms with Crippen LogP contribution in [0.4, 0.5) is 11.5 Å². The van der Waals surface area contributed by atoms with Crippen LogP contribution in [0.3, 0.4) is 0 Å². The van der Waals surface area contributed by atoms with Gasteiger partial charge in [0.25, 0.3) is 0 Å². The second-order valence-electron chi connectivity index (χ2n) is 7.61. The minimum Gasteiger partial charge on any atom is -0.369 e. The Morgan fingerprint density at radius 3 is 3.07 bits per heavy atom. The van der Waals surface area contributed by atoms with Gasteiger partial charge in [0.1, 0.15) is 11.8 Å². The molecule has 1 aliphatic rings. The van der Waals surface area contributed by atoms with Gasteiger partial charge in [0.2, 0.25) is 0 Å². The first kappa shape index (κ1) is 19.1. The van der Waals surface area contributed by atoms with Gasteiger partial charge in [-0.25, -0.2) is 15.0 Å². The van der Waals surface area contributed by atoms with Crippen LogP contribution in [0.1, 0.15) is 18.4 Å². The van der Waals surface area contributed by atoms with E-state index in [2.05, 4.69) is 41.2 Å². The fourth-order valence-electron chi connectivity index (χ4n) is 4.20. The number of aromatic nitrogens is 5. The van der Waals surface area contributed by atoms with Gasteiger partial charge in [-0.3, -0.25) is 4.98 Å². The molecule has 0 aliphatic carbocycles. The molecule has 8 heteroatoms. The van der Waals surface area contributed by atoms with Gasteiger partial charge in [0.15, 0.2) is 11.5 Å². The third-order valence-electron chi connectivity index (χ3n) is 5.57. The Kier molecular flexibility index (Phi) is 5.12. The van der Waals surface area contributed by atoms with Crippen molar-refractivity contribution >= 4 is 45.2 Å². The van der Waals surface area contributed by atoms with Gasteiger partial charge in [-0.1, -0.05) is 11.6 Å². The lowest BCUT2D eigenvalue weighted by molar-refractivity contribution is 0.482. The van der Waals surface area contributed by atoms with E-state index in [1.807, 2.05) is 18.3 Å². The summed E-state index contributed by atoms with van der Waals surface area (Å²) >= 11 is 6.62. The van der Waals surface area contributed by atoms with Gasteiger partial charge < -0.3 is 15.2 Å². The lowest BCUT2D eigenvalue weighted by atomic mass is 9.97. The van der Waals surface area contributed by atoms with Crippen LogP contribution < -0.4 is 10.2 Å². The number of halogens is 1. The first-order chi connectivity index (χ1) is 14.7. The standard InChI is InChI=1S/C22H22ClN7/c1-14-4-3-9-30(11-14)20-15(10-17(23)16-5-2-7-24-18(16)20)6-8-25-21-19-22(27-12-26-19)29-13-28-21/h1-2,5,7,10,12-14H,3-4,6,8-9,11H2,(H2,25,26,27,28,29). The van der Waals surface area contributed by atoms with E-state index in [9.17, 15) is 0 Å². The van der Waals surface area contributed by atoms with E-state index in [0.29, 0.717) is 18.0 Å². The molecule has 4 heterocycles. The maximum atomic E-state index is 6.62. The molecule has 1 saturated heterocycles. The summed E-state index contributed by atoms with van der Waals surface area (Å²) in [6.07, 6.45) is 7.87. The average Bonchev–Trinajstić information content (AvgIpc) is 3.24. The number of aromatic amines is 1. The summed E-state index contributed by atoms with van der Waals surface area (Å²) in [5.74, 6) is 0.890. The molecule has 0 amide bonds. The SMILES string of the molecule is [CH]C1CCCN(c2c(CCNc3ncnc4[nH]cnc34)cc(Cl)c3cccnc23)C1. The zero-order valence-electron chi connectivity index (χ0n) is 16.5. The van der Waals surface area contributed by atoms with E-state index >= 15 is 0 Å². The highest BCUT2D eigenvalue weighted by molar-refractivity contribution is 6.36. The number of benzene rings is 1. The summed E-state index contributed by atoms with van der Waals surface area (Å²) in [4.78, 5) is 22.9. The fourth-order valence-corrected chi connectivity index (χ4v) is 4.49. The Morgan fingerprint density at radius 1 is 1.23 bits per heavy atom. The molecule has 1 atom stereocenters. The molecule has 0 bridgehead atoms. The molecular formula is C22H22ClN7. The smallest absolute Gasteiger partial charge is 0.162 e. The predicted molar refractivity (Wildman–Crippen MR) is 120 cm³/mol. The van der Waals surface area contributed by atoms with E-state index in [4.69, 9.17) is 18.5 Å². The molecule has 3 aromatic heterocycles. The highest BCUT2D eigenvalue weighted by Crippen LogP contribution is 2.36. The Bertz CT molecular complexity index is 1190. The number of piperidine rings is 1. The first-order valence-electron chi connectivity index (χ1n) is 10.2. The lowest BCUT2D eigenvalue weighted by Gasteiger charge is -2.34. The number of nitrogens with zero attached hydrogens (tertiary/aromatic N) is 5. The summed E-state index contributed by atoms with van der Waals surface area (Å²) in [5.41, 5.74) is 4.68. The molecular weight excluding hydrogens is 398 g/mol. The van der Waals surface area contributed by atoms with E-state index in [-0.39, 0.29) is 5.92 Å². The topological polar surface area (TPSA) is 82.6 Å². The van der Waals surface area contributed by atoms with Crippen molar-refractivity contribution in [3.05, 3.63) is 54.6 Å². The van der Waals surface area contributed by atoms with Crippen molar-refractivity contribution in [3.8, 4) is 0 Å². The number of imidazole rings is 1. The zero-order valence-corrected chi connectivity index (χ0v) is 17.2. The molecule has 152 valence electrons. The van der Waals surface area contributed by atoms with E-state index in [1.54, 1.807) is 6.33 Å². The van der Waals surface area contributed by atoms with E-state index in [1.165, 1.54) is 6.33 Å². The van der Waals surface area contributed by atoms with Gasteiger partial charge in [0.05, 0.1) is 22.6 Å². The molecule has 1 fully saturated rings. The maximum Gasteiger partial charge on any atom is 0.162 e. The largest absolute Gasteiger partial charge is 0.369 e. The highest BCUT2D eigenvalue weighted by atomic mass is 35.5. The molecule has 2 N–H and O–H groups in total. The van der Waals surface area contributed by atoms with Crippen LogP contribution in [0, 0.1) is 12.8 Å². The number of anilines is 2. The molecule has 4 aromatic rings. The van der Waals surface area contributed by atoms with Crippen LogP contribution in [0.5, 0.6) is 0 Å². The van der Waals surface area contributed by atoms with Gasteiger partial charge in [0, 0.05) is 31.2 Å². The Labute approximate surface area is 179 Å². The van der Waals surface area contributed by atoms with Crippen LogP contribution in [0.25, 0.3) is 22.1 Å². The molecule has 30 heavy (non-hydrogen) atoms. The van der Waals surface area contributed by atoms with Crippen molar-refractivity contribution in [2.24, 2.45) is 5.92 Å². The van der Waals surface area contributed by atoms with Gasteiger partial charge >= 0.3 is 0 Å². The fraction of sp³-hybridized carbons (Fsp3) is 0.318. The number of fused-ring (bicyclic) bond motifs is 2. The van der Waals surface area contributed by atoms with Crippen molar-refractivity contribution < 1.29 is 0 Å². The van der Waals surface area contributed by atoms with Crippen LogP contribution >= 0.6 is 11.6 Å².